The van der Waals surface area contributed by atoms with Gasteiger partial charge in [-0.25, -0.2) is 9.99 Å². The Labute approximate surface area is 118 Å². The van der Waals surface area contributed by atoms with Crippen molar-refractivity contribution in [2.75, 3.05) is 5.43 Å². The van der Waals surface area contributed by atoms with Crippen molar-refractivity contribution in [2.45, 2.75) is 52.1 Å². The van der Waals surface area contributed by atoms with Crippen molar-refractivity contribution >= 4 is 26.7 Å². The first kappa shape index (κ1) is 12.9. The summed E-state index contributed by atoms with van der Waals surface area (Å²) in [7, 11) is 0. The number of nitrogens with one attached hydrogen (secondary N) is 1. The van der Waals surface area contributed by atoms with E-state index < -0.39 is 0 Å². The average Bonchev–Trinajstić information content (AvgIpc) is 2.75. The Morgan fingerprint density at radius 1 is 1.26 bits per heavy atom. The summed E-state index contributed by atoms with van der Waals surface area (Å²) in [5.41, 5.74) is 5.92. The molecule has 3 nitrogen and oxygen atoms in total. The summed E-state index contributed by atoms with van der Waals surface area (Å²) in [5, 5.41) is 3.38. The van der Waals surface area contributed by atoms with Gasteiger partial charge in [0.05, 0.1) is 10.2 Å². The molecule has 3 rings (SSSR count). The van der Waals surface area contributed by atoms with Crippen LogP contribution < -0.4 is 5.43 Å². The molecular formula is C15H21N3S. The van der Waals surface area contributed by atoms with Crippen molar-refractivity contribution in [1.82, 2.24) is 9.99 Å². The van der Waals surface area contributed by atoms with Gasteiger partial charge in [-0.3, -0.25) is 5.43 Å². The van der Waals surface area contributed by atoms with E-state index in [9.17, 15) is 0 Å². The van der Waals surface area contributed by atoms with Crippen LogP contribution in [-0.4, -0.2) is 22.1 Å². The molecule has 102 valence electrons. The van der Waals surface area contributed by atoms with Crippen molar-refractivity contribution in [3.8, 4) is 0 Å². The van der Waals surface area contributed by atoms with E-state index in [2.05, 4.69) is 54.4 Å². The summed E-state index contributed by atoms with van der Waals surface area (Å²) in [6.45, 7) is 6.71. The van der Waals surface area contributed by atoms with Gasteiger partial charge in [0.25, 0.3) is 0 Å². The predicted octanol–water partition coefficient (Wildman–Crippen LogP) is 4.19. The van der Waals surface area contributed by atoms with Crippen LogP contribution in [0.25, 0.3) is 10.2 Å². The second-order valence-corrected chi connectivity index (χ2v) is 6.67. The summed E-state index contributed by atoms with van der Waals surface area (Å²) in [4.78, 5) is 4.68. The molecule has 0 amide bonds. The van der Waals surface area contributed by atoms with E-state index >= 15 is 0 Å². The van der Waals surface area contributed by atoms with Crippen LogP contribution in [0, 0.1) is 6.92 Å². The highest BCUT2D eigenvalue weighted by Crippen LogP contribution is 2.29. The summed E-state index contributed by atoms with van der Waals surface area (Å²) in [6.07, 6.45) is 3.86. The van der Waals surface area contributed by atoms with Crippen LogP contribution in [0.2, 0.25) is 0 Å². The Morgan fingerprint density at radius 3 is 2.74 bits per heavy atom. The lowest BCUT2D eigenvalue weighted by Gasteiger charge is -2.38. The number of hydrazine groups is 1. The molecule has 0 spiro atoms. The molecule has 2 unspecified atom stereocenters. The molecule has 1 N–H and O–H groups in total. The fourth-order valence-corrected chi connectivity index (χ4v) is 3.80. The van der Waals surface area contributed by atoms with Gasteiger partial charge in [0, 0.05) is 12.1 Å². The van der Waals surface area contributed by atoms with Gasteiger partial charge in [-0.1, -0.05) is 23.8 Å². The van der Waals surface area contributed by atoms with Crippen LogP contribution in [0.1, 0.15) is 38.7 Å². The zero-order valence-corrected chi connectivity index (χ0v) is 12.6. The lowest BCUT2D eigenvalue weighted by Crippen LogP contribution is -2.47. The highest BCUT2D eigenvalue weighted by Gasteiger charge is 2.25. The highest BCUT2D eigenvalue weighted by atomic mass is 32.1. The van der Waals surface area contributed by atoms with Crippen LogP contribution in [0.15, 0.2) is 18.2 Å². The Hall–Kier alpha value is -1.13. The number of nitrogens with zero attached hydrogens (tertiary/aromatic N) is 2. The molecule has 0 aliphatic carbocycles. The Morgan fingerprint density at radius 2 is 2.00 bits per heavy atom. The number of aryl methyl sites for hydroxylation is 1. The van der Waals surface area contributed by atoms with Crippen molar-refractivity contribution in [1.29, 1.82) is 0 Å². The fraction of sp³-hybridized carbons (Fsp3) is 0.533. The van der Waals surface area contributed by atoms with Crippen molar-refractivity contribution in [3.05, 3.63) is 23.8 Å². The molecule has 4 heteroatoms. The topological polar surface area (TPSA) is 28.2 Å². The monoisotopic (exact) mass is 275 g/mol. The maximum atomic E-state index is 4.68. The molecule has 0 bridgehead atoms. The molecule has 1 saturated heterocycles. The van der Waals surface area contributed by atoms with E-state index in [0.29, 0.717) is 12.1 Å². The SMILES string of the molecule is Cc1ccc2nc(NN3C(C)CCCC3C)sc2c1. The third kappa shape index (κ3) is 2.60. The Balaban J connectivity index is 1.84. The van der Waals surface area contributed by atoms with Crippen LogP contribution in [-0.2, 0) is 0 Å². The van der Waals surface area contributed by atoms with E-state index in [1.54, 1.807) is 11.3 Å². The number of thiazole rings is 1. The van der Waals surface area contributed by atoms with E-state index in [4.69, 9.17) is 0 Å². The lowest BCUT2D eigenvalue weighted by atomic mass is 10.00. The average molecular weight is 275 g/mol. The molecule has 0 saturated carbocycles. The van der Waals surface area contributed by atoms with Crippen molar-refractivity contribution < 1.29 is 0 Å². The fourth-order valence-electron chi connectivity index (χ4n) is 2.83. The van der Waals surface area contributed by atoms with E-state index in [-0.39, 0.29) is 0 Å². The molecular weight excluding hydrogens is 254 g/mol. The van der Waals surface area contributed by atoms with Gasteiger partial charge in [0.15, 0.2) is 5.13 Å². The molecule has 1 aliphatic heterocycles. The van der Waals surface area contributed by atoms with Crippen LogP contribution in [0.5, 0.6) is 0 Å². The van der Waals surface area contributed by atoms with Crippen LogP contribution in [0.3, 0.4) is 0 Å². The Bertz CT molecular complexity index is 568. The largest absolute Gasteiger partial charge is 0.294 e. The van der Waals surface area contributed by atoms with Gasteiger partial charge in [-0.2, -0.15) is 0 Å². The molecule has 2 atom stereocenters. The predicted molar refractivity (Wildman–Crippen MR) is 82.6 cm³/mol. The smallest absolute Gasteiger partial charge is 0.198 e. The quantitative estimate of drug-likeness (QED) is 0.890. The summed E-state index contributed by atoms with van der Waals surface area (Å²) < 4.78 is 1.26. The third-order valence-electron chi connectivity index (χ3n) is 3.96. The molecule has 2 aromatic rings. The number of hydrogen-bond donors (Lipinski definition) is 1. The van der Waals surface area contributed by atoms with Gasteiger partial charge in [-0.15, -0.1) is 0 Å². The first-order valence-corrected chi connectivity index (χ1v) is 7.87. The van der Waals surface area contributed by atoms with E-state index in [0.717, 1.165) is 10.6 Å². The van der Waals surface area contributed by atoms with Gasteiger partial charge in [-0.05, 0) is 51.3 Å². The molecule has 1 aromatic heterocycles. The number of benzene rings is 1. The Kier molecular flexibility index (Phi) is 3.46. The minimum Gasteiger partial charge on any atom is -0.294 e. The van der Waals surface area contributed by atoms with E-state index in [1.165, 1.54) is 29.5 Å². The lowest BCUT2D eigenvalue weighted by molar-refractivity contribution is 0.136. The second-order valence-electron chi connectivity index (χ2n) is 5.64. The molecule has 1 aromatic carbocycles. The number of anilines is 1. The maximum absolute atomic E-state index is 4.68. The minimum absolute atomic E-state index is 0.581. The number of hydrogen-bond acceptors (Lipinski definition) is 4. The maximum Gasteiger partial charge on any atom is 0.198 e. The zero-order chi connectivity index (χ0) is 13.4. The molecule has 2 heterocycles. The van der Waals surface area contributed by atoms with Gasteiger partial charge in [0.2, 0.25) is 0 Å². The second kappa shape index (κ2) is 5.10. The van der Waals surface area contributed by atoms with Gasteiger partial charge >= 0.3 is 0 Å². The molecule has 19 heavy (non-hydrogen) atoms. The number of aromatic nitrogens is 1. The van der Waals surface area contributed by atoms with Gasteiger partial charge < -0.3 is 0 Å². The first-order valence-electron chi connectivity index (χ1n) is 7.05. The van der Waals surface area contributed by atoms with Crippen molar-refractivity contribution in [2.24, 2.45) is 0 Å². The number of rotatable bonds is 2. The summed E-state index contributed by atoms with van der Waals surface area (Å²) >= 11 is 1.75. The van der Waals surface area contributed by atoms with E-state index in [1.807, 2.05) is 0 Å². The minimum atomic E-state index is 0.581. The number of piperidine rings is 1. The van der Waals surface area contributed by atoms with Crippen LogP contribution in [0.4, 0.5) is 5.13 Å². The van der Waals surface area contributed by atoms with Gasteiger partial charge in [0.1, 0.15) is 0 Å². The molecule has 1 aliphatic rings. The van der Waals surface area contributed by atoms with Crippen molar-refractivity contribution in [3.63, 3.8) is 0 Å². The summed E-state index contributed by atoms with van der Waals surface area (Å²) in [5.74, 6) is 0. The number of fused-ring (bicyclic) bond motifs is 1. The molecule has 0 radical (unpaired) electrons. The highest BCUT2D eigenvalue weighted by molar-refractivity contribution is 7.22. The first-order chi connectivity index (χ1) is 9.13. The standard InChI is InChI=1S/C15H21N3S/c1-10-7-8-13-14(9-10)19-15(16-13)17-18-11(2)5-4-6-12(18)3/h7-9,11-12H,4-6H2,1-3H3,(H,16,17). The van der Waals surface area contributed by atoms with Crippen LogP contribution >= 0.6 is 11.3 Å². The zero-order valence-electron chi connectivity index (χ0n) is 11.8. The summed E-state index contributed by atoms with van der Waals surface area (Å²) in [6, 6.07) is 7.60. The third-order valence-corrected chi connectivity index (χ3v) is 4.89. The molecule has 1 fully saturated rings. The normalized spacial score (nSPS) is 24.8.